The fourth-order valence-electron chi connectivity index (χ4n) is 3.96. The maximum Gasteiger partial charge on any atom is 0.269 e. The number of rotatable bonds is 5. The largest absolute Gasteiger partial charge is 0.349 e. The highest BCUT2D eigenvalue weighted by Crippen LogP contribution is 2.34. The fraction of sp³-hybridized carbons (Fsp3) is 0.160. The molecule has 0 aliphatic heterocycles. The van der Waals surface area contributed by atoms with E-state index in [1.165, 1.54) is 12.1 Å². The molecule has 1 atom stereocenters. The molecule has 0 aliphatic carbocycles. The maximum absolute atomic E-state index is 14.2. The molecule has 1 amide bonds. The minimum absolute atomic E-state index is 0.0806. The van der Waals surface area contributed by atoms with Gasteiger partial charge >= 0.3 is 0 Å². The second kappa shape index (κ2) is 8.65. The Morgan fingerprint density at radius 1 is 1.03 bits per heavy atom. The minimum Gasteiger partial charge on any atom is -0.349 e. The third-order valence-corrected chi connectivity index (χ3v) is 7.49. The van der Waals surface area contributed by atoms with Gasteiger partial charge in [0.1, 0.15) is 16.4 Å². The van der Waals surface area contributed by atoms with E-state index in [1.807, 2.05) is 19.9 Å². The molecule has 0 radical (unpaired) electrons. The Labute approximate surface area is 196 Å². The zero-order valence-corrected chi connectivity index (χ0v) is 19.8. The summed E-state index contributed by atoms with van der Waals surface area (Å²) in [6.07, 6.45) is 0. The third kappa shape index (κ3) is 4.38. The Bertz CT molecular complexity index is 1470. The maximum atomic E-state index is 14.2. The Morgan fingerprint density at radius 2 is 1.70 bits per heavy atom. The Hall–Kier alpha value is -3.16. The fourth-order valence-corrected chi connectivity index (χ4v) is 5.92. The first-order chi connectivity index (χ1) is 15.6. The van der Waals surface area contributed by atoms with Gasteiger partial charge < -0.3 is 10.3 Å². The lowest BCUT2D eigenvalue weighted by Gasteiger charge is -2.15. The molecule has 33 heavy (non-hydrogen) atoms. The monoisotopic (exact) mass is 484 g/mol. The zero-order chi connectivity index (χ0) is 23.9. The van der Waals surface area contributed by atoms with Crippen LogP contribution in [0.4, 0.5) is 4.39 Å². The normalized spacial score (nSPS) is 12.6. The van der Waals surface area contributed by atoms with E-state index in [4.69, 9.17) is 11.6 Å². The van der Waals surface area contributed by atoms with Gasteiger partial charge in [0.2, 0.25) is 9.84 Å². The van der Waals surface area contributed by atoms with Gasteiger partial charge in [-0.25, -0.2) is 12.8 Å². The molecule has 4 aromatic rings. The molecule has 1 unspecified atom stereocenters. The van der Waals surface area contributed by atoms with Gasteiger partial charge in [-0.2, -0.15) is 0 Å². The van der Waals surface area contributed by atoms with Crippen molar-refractivity contribution in [2.75, 3.05) is 0 Å². The lowest BCUT2D eigenvalue weighted by atomic mass is 10.1. The molecule has 1 heterocycles. The standard InChI is InChI=1S/C25H22ClFN2O3S/c1-14-10-15(2)12-18(11-14)33(31,32)24-20-13-17(26)8-9-22(20)29-23(24)25(30)28-16(3)19-6-4-5-7-21(19)27/h4-13,16,29H,1-3H3,(H,28,30). The van der Waals surface area contributed by atoms with Gasteiger partial charge in [0, 0.05) is 21.5 Å². The Balaban J connectivity index is 1.87. The molecule has 2 N–H and O–H groups in total. The number of benzene rings is 3. The summed E-state index contributed by atoms with van der Waals surface area (Å²) < 4.78 is 41.7. The summed E-state index contributed by atoms with van der Waals surface area (Å²) in [5.74, 6) is -1.13. The van der Waals surface area contributed by atoms with E-state index in [0.717, 1.165) is 11.1 Å². The third-order valence-electron chi connectivity index (χ3n) is 5.43. The molecule has 0 fully saturated rings. The molecular weight excluding hydrogens is 463 g/mol. The SMILES string of the molecule is Cc1cc(C)cc(S(=O)(=O)c2c(C(=O)NC(C)c3ccccc3F)[nH]c3ccc(Cl)cc23)c1. The highest BCUT2D eigenvalue weighted by atomic mass is 35.5. The van der Waals surface area contributed by atoms with E-state index in [-0.39, 0.29) is 15.5 Å². The molecule has 3 aromatic carbocycles. The second-order valence-corrected chi connectivity index (χ2v) is 10.4. The van der Waals surface area contributed by atoms with Gasteiger partial charge in [-0.15, -0.1) is 0 Å². The number of sulfone groups is 1. The molecule has 8 heteroatoms. The van der Waals surface area contributed by atoms with Crippen LogP contribution < -0.4 is 5.32 Å². The van der Waals surface area contributed by atoms with Gasteiger partial charge in [-0.3, -0.25) is 4.79 Å². The number of halogens is 2. The first-order valence-electron chi connectivity index (χ1n) is 10.3. The van der Waals surface area contributed by atoms with Crippen molar-refractivity contribution in [2.45, 2.75) is 36.6 Å². The van der Waals surface area contributed by atoms with Crippen molar-refractivity contribution in [2.24, 2.45) is 0 Å². The van der Waals surface area contributed by atoms with Crippen LogP contribution >= 0.6 is 11.6 Å². The first-order valence-corrected chi connectivity index (χ1v) is 12.1. The Morgan fingerprint density at radius 3 is 2.36 bits per heavy atom. The number of H-pyrrole nitrogens is 1. The predicted molar refractivity (Wildman–Crippen MR) is 127 cm³/mol. The van der Waals surface area contributed by atoms with Crippen LogP contribution in [0.3, 0.4) is 0 Å². The van der Waals surface area contributed by atoms with Crippen molar-refractivity contribution >= 4 is 38.2 Å². The lowest BCUT2D eigenvalue weighted by molar-refractivity contribution is 0.0932. The number of aromatic nitrogens is 1. The van der Waals surface area contributed by atoms with Crippen molar-refractivity contribution in [1.29, 1.82) is 0 Å². The van der Waals surface area contributed by atoms with Crippen molar-refractivity contribution in [3.05, 3.63) is 93.9 Å². The summed E-state index contributed by atoms with van der Waals surface area (Å²) in [6.45, 7) is 5.25. The van der Waals surface area contributed by atoms with E-state index in [0.29, 0.717) is 21.5 Å². The minimum atomic E-state index is -4.09. The number of amides is 1. The van der Waals surface area contributed by atoms with Crippen molar-refractivity contribution in [1.82, 2.24) is 10.3 Å². The average molecular weight is 485 g/mol. The number of aryl methyl sites for hydroxylation is 2. The number of carbonyl (C=O) groups excluding carboxylic acids is 1. The van der Waals surface area contributed by atoms with Crippen LogP contribution in [0.15, 0.2) is 70.5 Å². The zero-order valence-electron chi connectivity index (χ0n) is 18.2. The van der Waals surface area contributed by atoms with E-state index in [1.54, 1.807) is 49.4 Å². The highest BCUT2D eigenvalue weighted by Gasteiger charge is 2.31. The molecule has 4 rings (SSSR count). The number of hydrogen-bond donors (Lipinski definition) is 2. The smallest absolute Gasteiger partial charge is 0.269 e. The molecule has 0 saturated carbocycles. The van der Waals surface area contributed by atoms with Gasteiger partial charge in [0.25, 0.3) is 5.91 Å². The number of nitrogens with one attached hydrogen (secondary N) is 2. The second-order valence-electron chi connectivity index (χ2n) is 8.06. The van der Waals surface area contributed by atoms with Crippen molar-refractivity contribution in [3.63, 3.8) is 0 Å². The van der Waals surface area contributed by atoms with Crippen LogP contribution in [0.5, 0.6) is 0 Å². The van der Waals surface area contributed by atoms with Crippen LogP contribution in [0.2, 0.25) is 5.02 Å². The van der Waals surface area contributed by atoms with E-state index < -0.39 is 27.6 Å². The van der Waals surface area contributed by atoms with E-state index >= 15 is 0 Å². The van der Waals surface area contributed by atoms with Crippen LogP contribution in [0.25, 0.3) is 10.9 Å². The summed E-state index contributed by atoms with van der Waals surface area (Å²) in [7, 11) is -4.09. The van der Waals surface area contributed by atoms with Crippen LogP contribution in [-0.4, -0.2) is 19.3 Å². The topological polar surface area (TPSA) is 79.0 Å². The van der Waals surface area contributed by atoms with Crippen LogP contribution in [-0.2, 0) is 9.84 Å². The number of hydrogen-bond acceptors (Lipinski definition) is 3. The summed E-state index contributed by atoms with van der Waals surface area (Å²) in [5, 5.41) is 3.36. The molecule has 0 bridgehead atoms. The molecule has 1 aromatic heterocycles. The number of carbonyl (C=O) groups is 1. The molecule has 0 aliphatic rings. The molecule has 170 valence electrons. The van der Waals surface area contributed by atoms with Crippen molar-refractivity contribution < 1.29 is 17.6 Å². The average Bonchev–Trinajstić information content (AvgIpc) is 3.13. The lowest BCUT2D eigenvalue weighted by Crippen LogP contribution is -2.28. The predicted octanol–water partition coefficient (Wildman–Crippen LogP) is 5.90. The quantitative estimate of drug-likeness (QED) is 0.370. The number of fused-ring (bicyclic) bond motifs is 1. The molecule has 5 nitrogen and oxygen atoms in total. The first kappa shape index (κ1) is 23.0. The molecular formula is C25H22ClFN2O3S. The van der Waals surface area contributed by atoms with E-state index in [9.17, 15) is 17.6 Å². The Kier molecular flexibility index (Phi) is 6.03. The summed E-state index contributed by atoms with van der Waals surface area (Å²) in [4.78, 5) is 16.1. The van der Waals surface area contributed by atoms with Gasteiger partial charge in [-0.1, -0.05) is 35.9 Å². The molecule has 0 spiro atoms. The molecule has 0 saturated heterocycles. The summed E-state index contributed by atoms with van der Waals surface area (Å²) in [6, 6.07) is 15.2. The van der Waals surface area contributed by atoms with Crippen LogP contribution in [0.1, 0.15) is 40.1 Å². The van der Waals surface area contributed by atoms with Gasteiger partial charge in [0.05, 0.1) is 10.9 Å². The summed E-state index contributed by atoms with van der Waals surface area (Å²) in [5.41, 5.74) is 2.18. The van der Waals surface area contributed by atoms with Crippen molar-refractivity contribution in [3.8, 4) is 0 Å². The van der Waals surface area contributed by atoms with Crippen LogP contribution in [0, 0.1) is 19.7 Å². The number of aromatic amines is 1. The summed E-state index contributed by atoms with van der Waals surface area (Å²) >= 11 is 6.16. The van der Waals surface area contributed by atoms with Gasteiger partial charge in [-0.05, 0) is 68.3 Å². The van der Waals surface area contributed by atoms with Gasteiger partial charge in [0.15, 0.2) is 0 Å². The van der Waals surface area contributed by atoms with E-state index in [2.05, 4.69) is 10.3 Å². The highest BCUT2D eigenvalue weighted by molar-refractivity contribution is 7.91.